The average Bonchev–Trinajstić information content (AvgIpc) is 1.79. The van der Waals surface area contributed by atoms with Crippen LogP contribution in [0.3, 0.4) is 0 Å². The van der Waals surface area contributed by atoms with E-state index in [2.05, 4.69) is 27.7 Å². The van der Waals surface area contributed by atoms with Crippen molar-refractivity contribution in [2.45, 2.75) is 40.5 Å². The van der Waals surface area contributed by atoms with E-state index in [1.165, 1.54) is 6.26 Å². The van der Waals surface area contributed by atoms with E-state index in [0.29, 0.717) is 11.7 Å². The summed E-state index contributed by atoms with van der Waals surface area (Å²) in [5.74, 6) is 0.946. The fourth-order valence-corrected chi connectivity index (χ4v) is 2.59. The fraction of sp³-hybridized carbons (Fsp3) is 1.00. The third kappa shape index (κ3) is 8.28. The van der Waals surface area contributed by atoms with E-state index >= 15 is 0 Å². The molecule has 0 aromatic rings. The van der Waals surface area contributed by atoms with Crippen LogP contribution in [0.5, 0.6) is 0 Å². The number of hydrogen-bond donors (Lipinski definition) is 0. The molecule has 80 valence electrons. The highest BCUT2D eigenvalue weighted by Gasteiger charge is 2.20. The molecule has 0 radical (unpaired) electrons. The zero-order chi connectivity index (χ0) is 10.7. The Hall–Kier alpha value is -0.0500. The molecule has 0 unspecified atom stereocenters. The van der Waals surface area contributed by atoms with Crippen molar-refractivity contribution in [1.29, 1.82) is 0 Å². The molecule has 0 fully saturated rings. The largest absolute Gasteiger partial charge is 0.229 e. The highest BCUT2D eigenvalue weighted by Crippen LogP contribution is 2.29. The van der Waals surface area contributed by atoms with Crippen LogP contribution >= 0.6 is 0 Å². The highest BCUT2D eigenvalue weighted by molar-refractivity contribution is 7.90. The van der Waals surface area contributed by atoms with Crippen molar-refractivity contribution < 1.29 is 8.42 Å². The molecule has 0 heterocycles. The van der Waals surface area contributed by atoms with Gasteiger partial charge in [-0.1, -0.05) is 27.7 Å². The van der Waals surface area contributed by atoms with E-state index in [9.17, 15) is 8.42 Å². The van der Waals surface area contributed by atoms with E-state index in [-0.39, 0.29) is 5.41 Å². The summed E-state index contributed by atoms with van der Waals surface area (Å²) in [5.41, 5.74) is 0.150. The van der Waals surface area contributed by atoms with Gasteiger partial charge in [0.25, 0.3) is 0 Å². The lowest BCUT2D eigenvalue weighted by atomic mass is 9.82. The second-order valence-corrected chi connectivity index (χ2v) is 7.40. The monoisotopic (exact) mass is 206 g/mol. The molecule has 3 heteroatoms. The van der Waals surface area contributed by atoms with Crippen LogP contribution in [0, 0.1) is 11.3 Å². The van der Waals surface area contributed by atoms with Crippen molar-refractivity contribution in [3.05, 3.63) is 0 Å². The highest BCUT2D eigenvalue weighted by atomic mass is 32.2. The van der Waals surface area contributed by atoms with Crippen molar-refractivity contribution >= 4 is 9.84 Å². The van der Waals surface area contributed by atoms with Crippen LogP contribution < -0.4 is 0 Å². The van der Waals surface area contributed by atoms with Crippen LogP contribution in [-0.4, -0.2) is 20.4 Å². The second kappa shape index (κ2) is 4.45. The lowest BCUT2D eigenvalue weighted by Crippen LogP contribution is -2.19. The molecule has 0 N–H and O–H groups in total. The Labute approximate surface area is 82.6 Å². The zero-order valence-corrected chi connectivity index (χ0v) is 10.2. The van der Waals surface area contributed by atoms with Crippen molar-refractivity contribution in [3.63, 3.8) is 0 Å². The van der Waals surface area contributed by atoms with E-state index in [1.807, 2.05) is 0 Å². The topological polar surface area (TPSA) is 34.1 Å². The van der Waals surface area contributed by atoms with Crippen molar-refractivity contribution in [2.75, 3.05) is 12.0 Å². The Kier molecular flexibility index (Phi) is 4.43. The molecule has 0 amide bonds. The molecule has 0 aliphatic heterocycles. The Morgan fingerprint density at radius 2 is 1.69 bits per heavy atom. The lowest BCUT2D eigenvalue weighted by molar-refractivity contribution is 0.278. The van der Waals surface area contributed by atoms with Gasteiger partial charge in [0.05, 0.1) is 5.75 Å². The molecule has 0 atom stereocenters. The lowest BCUT2D eigenvalue weighted by Gasteiger charge is -2.26. The molecule has 0 spiro atoms. The van der Waals surface area contributed by atoms with Crippen LogP contribution in [0.25, 0.3) is 0 Å². The van der Waals surface area contributed by atoms with Gasteiger partial charge in [0, 0.05) is 6.26 Å². The first-order valence-electron chi connectivity index (χ1n) is 4.80. The molecule has 0 saturated heterocycles. The quantitative estimate of drug-likeness (QED) is 0.692. The van der Waals surface area contributed by atoms with Gasteiger partial charge < -0.3 is 0 Å². The minimum atomic E-state index is -2.79. The molecule has 0 saturated carbocycles. The molecule has 0 rings (SSSR count). The maximum Gasteiger partial charge on any atom is 0.147 e. The van der Waals surface area contributed by atoms with Gasteiger partial charge in [-0.05, 0) is 24.2 Å². The first-order chi connectivity index (χ1) is 5.62. The van der Waals surface area contributed by atoms with E-state index in [4.69, 9.17) is 0 Å². The third-order valence-electron chi connectivity index (χ3n) is 2.11. The van der Waals surface area contributed by atoms with Gasteiger partial charge in [-0.3, -0.25) is 0 Å². The molecule has 0 aromatic carbocycles. The van der Waals surface area contributed by atoms with Gasteiger partial charge >= 0.3 is 0 Å². The second-order valence-electron chi connectivity index (χ2n) is 5.14. The number of sulfone groups is 1. The first kappa shape index (κ1) is 12.9. The number of rotatable bonds is 5. The standard InChI is InChI=1S/C10H22O2S/c1-9(2)8-10(3,4)6-7-13(5,11)12/h9H,6-8H2,1-5H3. The summed E-state index contributed by atoms with van der Waals surface area (Å²) in [6, 6.07) is 0. The zero-order valence-electron chi connectivity index (χ0n) is 9.42. The molecule has 0 bridgehead atoms. The summed E-state index contributed by atoms with van der Waals surface area (Å²) in [5, 5.41) is 0. The Balaban J connectivity index is 4.04. The van der Waals surface area contributed by atoms with Crippen molar-refractivity contribution in [3.8, 4) is 0 Å². The predicted molar refractivity (Wildman–Crippen MR) is 57.6 cm³/mol. The molecular weight excluding hydrogens is 184 g/mol. The van der Waals surface area contributed by atoms with Gasteiger partial charge in [-0.2, -0.15) is 0 Å². The Bertz CT molecular complexity index is 238. The molecule has 0 aromatic heterocycles. The predicted octanol–water partition coefficient (Wildman–Crippen LogP) is 2.49. The summed E-state index contributed by atoms with van der Waals surface area (Å²) >= 11 is 0. The minimum Gasteiger partial charge on any atom is -0.229 e. The first-order valence-corrected chi connectivity index (χ1v) is 6.86. The molecular formula is C10H22O2S. The van der Waals surface area contributed by atoms with E-state index < -0.39 is 9.84 Å². The number of hydrogen-bond acceptors (Lipinski definition) is 2. The van der Waals surface area contributed by atoms with Crippen molar-refractivity contribution in [2.24, 2.45) is 11.3 Å². The summed E-state index contributed by atoms with van der Waals surface area (Å²) in [7, 11) is -2.79. The maximum absolute atomic E-state index is 11.0. The van der Waals surface area contributed by atoms with E-state index in [0.717, 1.165) is 12.8 Å². The van der Waals surface area contributed by atoms with Gasteiger partial charge in [0.1, 0.15) is 9.84 Å². The van der Waals surface area contributed by atoms with Crippen LogP contribution in [0.15, 0.2) is 0 Å². The molecule has 0 aliphatic rings. The summed E-state index contributed by atoms with van der Waals surface area (Å²) in [4.78, 5) is 0. The van der Waals surface area contributed by atoms with Crippen LogP contribution in [0.1, 0.15) is 40.5 Å². The summed E-state index contributed by atoms with van der Waals surface area (Å²) in [6.45, 7) is 8.61. The van der Waals surface area contributed by atoms with Gasteiger partial charge in [-0.15, -0.1) is 0 Å². The van der Waals surface area contributed by atoms with Gasteiger partial charge in [0.2, 0.25) is 0 Å². The Morgan fingerprint density at radius 1 is 1.23 bits per heavy atom. The molecule has 2 nitrogen and oxygen atoms in total. The Morgan fingerprint density at radius 3 is 2.00 bits per heavy atom. The summed E-state index contributed by atoms with van der Waals surface area (Å²) < 4.78 is 21.9. The smallest absolute Gasteiger partial charge is 0.147 e. The van der Waals surface area contributed by atoms with Gasteiger partial charge in [-0.25, -0.2) is 8.42 Å². The van der Waals surface area contributed by atoms with Gasteiger partial charge in [0.15, 0.2) is 0 Å². The normalized spacial score (nSPS) is 13.7. The van der Waals surface area contributed by atoms with Crippen LogP contribution in [0.2, 0.25) is 0 Å². The average molecular weight is 206 g/mol. The molecule has 13 heavy (non-hydrogen) atoms. The van der Waals surface area contributed by atoms with Crippen LogP contribution in [0.4, 0.5) is 0 Å². The maximum atomic E-state index is 11.0. The van der Waals surface area contributed by atoms with Crippen LogP contribution in [-0.2, 0) is 9.84 Å². The fourth-order valence-electron chi connectivity index (χ4n) is 1.67. The minimum absolute atomic E-state index is 0.150. The van der Waals surface area contributed by atoms with Crippen molar-refractivity contribution in [1.82, 2.24) is 0 Å². The molecule has 0 aliphatic carbocycles. The van der Waals surface area contributed by atoms with E-state index in [1.54, 1.807) is 0 Å². The third-order valence-corrected chi connectivity index (χ3v) is 3.06. The SMILES string of the molecule is CC(C)CC(C)(C)CCS(C)(=O)=O. The summed E-state index contributed by atoms with van der Waals surface area (Å²) in [6.07, 6.45) is 3.16.